The second kappa shape index (κ2) is 5.45. The summed E-state index contributed by atoms with van der Waals surface area (Å²) in [5.41, 5.74) is -0.732. The van der Waals surface area contributed by atoms with Gasteiger partial charge in [-0.25, -0.2) is 4.39 Å². The minimum absolute atomic E-state index is 0.460. The van der Waals surface area contributed by atoms with E-state index >= 15 is 0 Å². The molecular weight excluding hydrogens is 301 g/mol. The van der Waals surface area contributed by atoms with Crippen LogP contribution in [0.25, 0.3) is 0 Å². The maximum Gasteiger partial charge on any atom is 0.143 e. The number of hydrogen-bond donors (Lipinski definition) is 1. The molecular formula is C13H17BrFNO2. The van der Waals surface area contributed by atoms with Crippen LogP contribution in [0, 0.1) is 0 Å². The number of alkyl halides is 1. The molecule has 1 fully saturated rings. The zero-order chi connectivity index (χ0) is 13.2. The van der Waals surface area contributed by atoms with Crippen LogP contribution in [0.4, 0.5) is 4.39 Å². The molecule has 0 bridgehead atoms. The first-order chi connectivity index (χ1) is 8.62. The summed E-state index contributed by atoms with van der Waals surface area (Å²) < 4.78 is 26.2. The van der Waals surface area contributed by atoms with Crippen molar-refractivity contribution in [2.24, 2.45) is 0 Å². The second-order valence-corrected chi connectivity index (χ2v) is 5.17. The Morgan fingerprint density at radius 2 is 1.89 bits per heavy atom. The number of ether oxygens (including phenoxy) is 2. The molecule has 0 saturated carbocycles. The molecule has 3 nitrogen and oxygen atoms in total. The third kappa shape index (κ3) is 2.34. The zero-order valence-electron chi connectivity index (χ0n) is 10.6. The topological polar surface area (TPSA) is 30.5 Å². The van der Waals surface area contributed by atoms with Gasteiger partial charge in [-0.3, -0.25) is 0 Å². The summed E-state index contributed by atoms with van der Waals surface area (Å²) in [6.45, 7) is 1.37. The van der Waals surface area contributed by atoms with E-state index in [1.165, 1.54) is 0 Å². The van der Waals surface area contributed by atoms with Gasteiger partial charge in [-0.2, -0.15) is 0 Å². The predicted octanol–water partition coefficient (Wildman–Crippen LogP) is 3.01. The van der Waals surface area contributed by atoms with E-state index in [0.717, 1.165) is 0 Å². The molecule has 1 aromatic rings. The molecule has 1 heterocycles. The molecule has 0 aliphatic carbocycles. The monoisotopic (exact) mass is 317 g/mol. The smallest absolute Gasteiger partial charge is 0.143 e. The molecule has 1 aliphatic heterocycles. The molecule has 1 saturated heterocycles. The van der Waals surface area contributed by atoms with Crippen LogP contribution in [-0.4, -0.2) is 27.3 Å². The molecule has 18 heavy (non-hydrogen) atoms. The Hall–Kier alpha value is -0.810. The minimum Gasteiger partial charge on any atom is -0.495 e. The molecule has 0 amide bonds. The zero-order valence-corrected chi connectivity index (χ0v) is 12.1. The molecule has 0 spiro atoms. The van der Waals surface area contributed by atoms with Crippen LogP contribution in [0.2, 0.25) is 0 Å². The predicted molar refractivity (Wildman–Crippen MR) is 72.1 cm³/mol. The highest BCUT2D eigenvalue weighted by Gasteiger charge is 2.37. The standard InChI is InChI=1S/C13H17BrFNO2/c1-17-10-4-3-9(12(18-2)11(10)14)13(15)5-7-16-8-6-13/h3-4,16H,5-8H2,1-2H3. The maximum atomic E-state index is 15.0. The van der Waals surface area contributed by atoms with Gasteiger partial charge < -0.3 is 14.8 Å². The summed E-state index contributed by atoms with van der Waals surface area (Å²) in [7, 11) is 3.13. The van der Waals surface area contributed by atoms with E-state index < -0.39 is 5.67 Å². The van der Waals surface area contributed by atoms with Crippen molar-refractivity contribution in [2.75, 3.05) is 27.3 Å². The SMILES string of the molecule is COc1ccc(C2(F)CCNCC2)c(OC)c1Br. The largest absolute Gasteiger partial charge is 0.495 e. The highest BCUT2D eigenvalue weighted by molar-refractivity contribution is 9.10. The first-order valence-corrected chi connectivity index (χ1v) is 6.72. The van der Waals surface area contributed by atoms with Crippen LogP contribution < -0.4 is 14.8 Å². The normalized spacial score (nSPS) is 18.4. The van der Waals surface area contributed by atoms with Crippen molar-refractivity contribution in [3.8, 4) is 11.5 Å². The highest BCUT2D eigenvalue weighted by atomic mass is 79.9. The van der Waals surface area contributed by atoms with Crippen molar-refractivity contribution in [1.29, 1.82) is 0 Å². The van der Waals surface area contributed by atoms with E-state index in [4.69, 9.17) is 9.47 Å². The van der Waals surface area contributed by atoms with Crippen LogP contribution in [0.3, 0.4) is 0 Å². The van der Waals surface area contributed by atoms with Gasteiger partial charge >= 0.3 is 0 Å². The lowest BCUT2D eigenvalue weighted by Crippen LogP contribution is -2.37. The van der Waals surface area contributed by atoms with Gasteiger partial charge in [-0.15, -0.1) is 0 Å². The van der Waals surface area contributed by atoms with E-state index in [9.17, 15) is 4.39 Å². The van der Waals surface area contributed by atoms with Gasteiger partial charge in [0.05, 0.1) is 14.2 Å². The molecule has 0 atom stereocenters. The van der Waals surface area contributed by atoms with E-state index in [2.05, 4.69) is 21.2 Å². The summed E-state index contributed by atoms with van der Waals surface area (Å²) in [5.74, 6) is 1.17. The van der Waals surface area contributed by atoms with Crippen LogP contribution in [0.1, 0.15) is 18.4 Å². The van der Waals surface area contributed by atoms with Crippen LogP contribution >= 0.6 is 15.9 Å². The molecule has 0 unspecified atom stereocenters. The van der Waals surface area contributed by atoms with Crippen molar-refractivity contribution in [3.63, 3.8) is 0 Å². The number of piperidine rings is 1. The van der Waals surface area contributed by atoms with Gasteiger partial charge in [-0.1, -0.05) is 0 Å². The Morgan fingerprint density at radius 1 is 1.22 bits per heavy atom. The molecule has 100 valence electrons. The van der Waals surface area contributed by atoms with Gasteiger partial charge in [0.15, 0.2) is 0 Å². The number of rotatable bonds is 3. The molecule has 0 aromatic heterocycles. The average molecular weight is 318 g/mol. The molecule has 2 rings (SSSR count). The maximum absolute atomic E-state index is 15.0. The summed E-state index contributed by atoms with van der Waals surface area (Å²) in [4.78, 5) is 0. The third-order valence-electron chi connectivity index (χ3n) is 3.36. The van der Waals surface area contributed by atoms with E-state index in [-0.39, 0.29) is 0 Å². The summed E-state index contributed by atoms with van der Waals surface area (Å²) in [5, 5.41) is 3.17. The van der Waals surface area contributed by atoms with Gasteiger partial charge in [0.1, 0.15) is 21.6 Å². The number of nitrogens with one attached hydrogen (secondary N) is 1. The average Bonchev–Trinajstić information content (AvgIpc) is 2.39. The van der Waals surface area contributed by atoms with Crippen LogP contribution in [0.5, 0.6) is 11.5 Å². The first-order valence-electron chi connectivity index (χ1n) is 5.93. The summed E-state index contributed by atoms with van der Waals surface area (Å²) >= 11 is 3.41. The summed E-state index contributed by atoms with van der Waals surface area (Å²) in [6.07, 6.45) is 0.921. The molecule has 1 aliphatic rings. The van der Waals surface area contributed by atoms with Gasteiger partial charge in [0.2, 0.25) is 0 Å². The highest BCUT2D eigenvalue weighted by Crippen LogP contribution is 2.46. The second-order valence-electron chi connectivity index (χ2n) is 4.38. The lowest BCUT2D eigenvalue weighted by molar-refractivity contribution is 0.111. The Labute approximate surface area is 115 Å². The van der Waals surface area contributed by atoms with Crippen molar-refractivity contribution in [3.05, 3.63) is 22.2 Å². The number of methoxy groups -OCH3 is 2. The van der Waals surface area contributed by atoms with Gasteiger partial charge in [-0.05, 0) is 54.0 Å². The lowest BCUT2D eigenvalue weighted by atomic mass is 9.86. The fourth-order valence-electron chi connectivity index (χ4n) is 2.34. The Morgan fingerprint density at radius 3 is 2.44 bits per heavy atom. The number of hydrogen-bond acceptors (Lipinski definition) is 3. The number of halogens is 2. The van der Waals surface area contributed by atoms with Crippen LogP contribution in [0.15, 0.2) is 16.6 Å². The van der Waals surface area contributed by atoms with Crippen molar-refractivity contribution in [1.82, 2.24) is 5.32 Å². The van der Waals surface area contributed by atoms with Crippen molar-refractivity contribution < 1.29 is 13.9 Å². The van der Waals surface area contributed by atoms with Crippen molar-refractivity contribution in [2.45, 2.75) is 18.5 Å². The van der Waals surface area contributed by atoms with E-state index in [1.807, 2.05) is 0 Å². The first kappa shape index (κ1) is 13.6. The molecule has 5 heteroatoms. The lowest BCUT2D eigenvalue weighted by Gasteiger charge is -2.32. The fourth-order valence-corrected chi connectivity index (χ4v) is 3.01. The minimum atomic E-state index is -1.33. The van der Waals surface area contributed by atoms with Crippen LogP contribution in [-0.2, 0) is 5.67 Å². The third-order valence-corrected chi connectivity index (χ3v) is 4.12. The Bertz CT molecular complexity index is 433. The molecule has 1 aromatic carbocycles. The van der Waals surface area contributed by atoms with Crippen molar-refractivity contribution >= 4 is 15.9 Å². The summed E-state index contributed by atoms with van der Waals surface area (Å²) in [6, 6.07) is 3.53. The number of benzene rings is 1. The Kier molecular flexibility index (Phi) is 4.12. The fraction of sp³-hybridized carbons (Fsp3) is 0.538. The van der Waals surface area contributed by atoms with Gasteiger partial charge in [0.25, 0.3) is 0 Å². The molecule has 0 radical (unpaired) electrons. The van der Waals surface area contributed by atoms with E-state index in [1.54, 1.807) is 26.4 Å². The Balaban J connectivity index is 2.46. The quantitative estimate of drug-likeness (QED) is 0.929. The van der Waals surface area contributed by atoms with E-state index in [0.29, 0.717) is 47.5 Å². The molecule has 1 N–H and O–H groups in total. The van der Waals surface area contributed by atoms with Gasteiger partial charge in [0, 0.05) is 5.56 Å².